The second kappa shape index (κ2) is 7.33. The molecule has 1 unspecified atom stereocenters. The van der Waals surface area contributed by atoms with Gasteiger partial charge in [0.2, 0.25) is 17.7 Å². The van der Waals surface area contributed by atoms with Crippen molar-refractivity contribution in [1.82, 2.24) is 15.1 Å². The van der Waals surface area contributed by atoms with Crippen LogP contribution in [0.3, 0.4) is 0 Å². The summed E-state index contributed by atoms with van der Waals surface area (Å²) < 4.78 is 1.21. The van der Waals surface area contributed by atoms with E-state index in [0.717, 1.165) is 4.90 Å². The van der Waals surface area contributed by atoms with Crippen LogP contribution in [-0.2, 0) is 14.4 Å². The molecule has 1 N–H and O–H groups in total. The molecule has 3 rings (SSSR count). The highest BCUT2D eigenvalue weighted by molar-refractivity contribution is 7.17. The molecule has 1 aliphatic rings. The van der Waals surface area contributed by atoms with Crippen molar-refractivity contribution in [3.8, 4) is 0 Å². The van der Waals surface area contributed by atoms with Crippen LogP contribution >= 0.6 is 11.3 Å². The van der Waals surface area contributed by atoms with Gasteiger partial charge < -0.3 is 10.2 Å². The maximum Gasteiger partial charge on any atom is 0.240 e. The van der Waals surface area contributed by atoms with Gasteiger partial charge >= 0.3 is 0 Å². The van der Waals surface area contributed by atoms with Crippen LogP contribution in [-0.4, -0.2) is 54.7 Å². The molecule has 25 heavy (non-hydrogen) atoms. The molecule has 2 aromatic rings. The minimum absolute atomic E-state index is 0.0186. The molecule has 3 amide bonds. The smallest absolute Gasteiger partial charge is 0.240 e. The monoisotopic (exact) mass is 359 g/mol. The number of nitrogens with one attached hydrogen (secondary N) is 1. The lowest BCUT2D eigenvalue weighted by Gasteiger charge is -2.25. The SMILES string of the molecule is CN(C)C(CNC(=O)CN1C(=O)CCC1=O)c1csc2ccccc12. The zero-order valence-corrected chi connectivity index (χ0v) is 15.1. The third kappa shape index (κ3) is 3.72. The first-order chi connectivity index (χ1) is 12.0. The molecule has 1 aliphatic heterocycles. The van der Waals surface area contributed by atoms with E-state index in [9.17, 15) is 14.4 Å². The molecule has 7 heteroatoms. The van der Waals surface area contributed by atoms with Gasteiger partial charge in [0.15, 0.2) is 0 Å². The van der Waals surface area contributed by atoms with Gasteiger partial charge in [-0.15, -0.1) is 11.3 Å². The lowest BCUT2D eigenvalue weighted by molar-refractivity contribution is -0.142. The topological polar surface area (TPSA) is 69.7 Å². The minimum atomic E-state index is -0.310. The standard InChI is InChI=1S/C18H21N3O3S/c1-20(2)14(13-11-25-15-6-4-3-5-12(13)15)9-19-16(22)10-21-17(23)7-8-18(21)24/h3-6,11,14H,7-10H2,1-2H3,(H,19,22). The number of fused-ring (bicyclic) bond motifs is 1. The maximum atomic E-state index is 12.2. The van der Waals surface area contributed by atoms with Crippen molar-refractivity contribution in [2.24, 2.45) is 0 Å². The van der Waals surface area contributed by atoms with E-state index in [1.54, 1.807) is 11.3 Å². The number of benzene rings is 1. The van der Waals surface area contributed by atoms with E-state index >= 15 is 0 Å². The molecule has 0 spiro atoms. The highest BCUT2D eigenvalue weighted by Gasteiger charge is 2.30. The summed E-state index contributed by atoms with van der Waals surface area (Å²) in [4.78, 5) is 38.5. The van der Waals surface area contributed by atoms with Gasteiger partial charge in [-0.05, 0) is 36.5 Å². The van der Waals surface area contributed by atoms with Crippen LogP contribution in [0.4, 0.5) is 0 Å². The normalized spacial score (nSPS) is 16.0. The first-order valence-corrected chi connectivity index (χ1v) is 9.08. The predicted octanol–water partition coefficient (Wildman–Crippen LogP) is 1.77. The zero-order valence-electron chi connectivity index (χ0n) is 14.3. The summed E-state index contributed by atoms with van der Waals surface area (Å²) in [5, 5.41) is 6.17. The van der Waals surface area contributed by atoms with Crippen LogP contribution in [0.5, 0.6) is 0 Å². The number of carbonyl (C=O) groups is 3. The van der Waals surface area contributed by atoms with E-state index in [1.165, 1.54) is 15.6 Å². The molecule has 1 fully saturated rings. The molecule has 1 aromatic carbocycles. The highest BCUT2D eigenvalue weighted by Crippen LogP contribution is 2.31. The summed E-state index contributed by atoms with van der Waals surface area (Å²) in [5.74, 6) is -0.851. The number of hydrogen-bond donors (Lipinski definition) is 1. The fraction of sp³-hybridized carbons (Fsp3) is 0.389. The molecular formula is C18H21N3O3S. The van der Waals surface area contributed by atoms with E-state index in [4.69, 9.17) is 0 Å². The Morgan fingerprint density at radius 2 is 1.92 bits per heavy atom. The molecule has 6 nitrogen and oxygen atoms in total. The number of carbonyl (C=O) groups excluding carboxylic acids is 3. The van der Waals surface area contributed by atoms with Crippen molar-refractivity contribution in [3.63, 3.8) is 0 Å². The van der Waals surface area contributed by atoms with Gasteiger partial charge in [-0.2, -0.15) is 0 Å². The number of nitrogens with zero attached hydrogens (tertiary/aromatic N) is 2. The Bertz CT molecular complexity index is 799. The van der Waals surface area contributed by atoms with Gasteiger partial charge in [0.1, 0.15) is 6.54 Å². The van der Waals surface area contributed by atoms with Gasteiger partial charge in [-0.3, -0.25) is 19.3 Å². The Morgan fingerprint density at radius 3 is 2.60 bits per heavy atom. The summed E-state index contributed by atoms with van der Waals surface area (Å²) in [5.41, 5.74) is 1.17. The summed E-state index contributed by atoms with van der Waals surface area (Å²) in [6, 6.07) is 8.21. The molecule has 132 valence electrons. The van der Waals surface area contributed by atoms with E-state index in [1.807, 2.05) is 26.2 Å². The van der Waals surface area contributed by atoms with E-state index in [-0.39, 0.29) is 43.1 Å². The number of imide groups is 1. The lowest BCUT2D eigenvalue weighted by atomic mass is 10.0. The third-order valence-electron chi connectivity index (χ3n) is 4.44. The molecule has 1 aromatic heterocycles. The van der Waals surface area contributed by atoms with Gasteiger partial charge in [0, 0.05) is 24.1 Å². The summed E-state index contributed by atoms with van der Waals surface area (Å²) in [6.07, 6.45) is 0.403. The Hall–Kier alpha value is -2.25. The summed E-state index contributed by atoms with van der Waals surface area (Å²) in [7, 11) is 3.94. The molecule has 0 saturated carbocycles. The summed E-state index contributed by atoms with van der Waals surface area (Å²) >= 11 is 1.68. The number of hydrogen-bond acceptors (Lipinski definition) is 5. The third-order valence-corrected chi connectivity index (χ3v) is 5.42. The van der Waals surface area contributed by atoms with Crippen LogP contribution in [0.15, 0.2) is 29.6 Å². The largest absolute Gasteiger partial charge is 0.353 e. The number of amides is 3. The first kappa shape index (κ1) is 17.6. The minimum Gasteiger partial charge on any atom is -0.353 e. The molecule has 1 saturated heterocycles. The van der Waals surface area contributed by atoms with Gasteiger partial charge in [0.25, 0.3) is 0 Å². The number of likely N-dealkylation sites (tertiary alicyclic amines) is 1. The van der Waals surface area contributed by atoms with E-state index in [0.29, 0.717) is 6.54 Å². The van der Waals surface area contributed by atoms with Gasteiger partial charge in [-0.25, -0.2) is 0 Å². The van der Waals surface area contributed by atoms with Crippen LogP contribution in [0.2, 0.25) is 0 Å². The average molecular weight is 359 g/mol. The fourth-order valence-corrected chi connectivity index (χ4v) is 4.04. The Kier molecular flexibility index (Phi) is 5.15. The molecule has 0 radical (unpaired) electrons. The number of rotatable bonds is 6. The quantitative estimate of drug-likeness (QED) is 0.798. The fourth-order valence-electron chi connectivity index (χ4n) is 3.04. The second-order valence-electron chi connectivity index (χ2n) is 6.34. The van der Waals surface area contributed by atoms with E-state index in [2.05, 4.69) is 27.7 Å². The Balaban J connectivity index is 1.67. The Labute approximate surface area is 150 Å². The highest BCUT2D eigenvalue weighted by atomic mass is 32.1. The van der Waals surface area contributed by atoms with Crippen LogP contribution in [0.25, 0.3) is 10.1 Å². The van der Waals surface area contributed by atoms with Gasteiger partial charge in [-0.1, -0.05) is 18.2 Å². The van der Waals surface area contributed by atoms with Crippen molar-refractivity contribution in [3.05, 3.63) is 35.2 Å². The number of likely N-dealkylation sites (N-methyl/N-ethyl adjacent to an activating group) is 1. The van der Waals surface area contributed by atoms with Crippen LogP contribution in [0.1, 0.15) is 24.4 Å². The second-order valence-corrected chi connectivity index (χ2v) is 7.26. The van der Waals surface area contributed by atoms with Crippen molar-refractivity contribution in [1.29, 1.82) is 0 Å². The zero-order chi connectivity index (χ0) is 18.0. The molecule has 0 bridgehead atoms. The van der Waals surface area contributed by atoms with Gasteiger partial charge in [0.05, 0.1) is 6.04 Å². The lowest BCUT2D eigenvalue weighted by Crippen LogP contribution is -2.42. The van der Waals surface area contributed by atoms with Crippen LogP contribution < -0.4 is 5.32 Å². The summed E-state index contributed by atoms with van der Waals surface area (Å²) in [6.45, 7) is 0.227. The van der Waals surface area contributed by atoms with E-state index < -0.39 is 0 Å². The van der Waals surface area contributed by atoms with Crippen molar-refractivity contribution < 1.29 is 14.4 Å². The van der Waals surface area contributed by atoms with Crippen molar-refractivity contribution in [2.45, 2.75) is 18.9 Å². The molecule has 0 aliphatic carbocycles. The first-order valence-electron chi connectivity index (χ1n) is 8.20. The number of thiophene rings is 1. The van der Waals surface area contributed by atoms with Crippen molar-refractivity contribution in [2.75, 3.05) is 27.2 Å². The Morgan fingerprint density at radius 1 is 1.24 bits per heavy atom. The average Bonchev–Trinajstić information content (AvgIpc) is 3.14. The molecule has 1 atom stereocenters. The van der Waals surface area contributed by atoms with Crippen molar-refractivity contribution >= 4 is 39.1 Å². The molecular weight excluding hydrogens is 338 g/mol. The maximum absolute atomic E-state index is 12.2. The molecule has 2 heterocycles. The van der Waals surface area contributed by atoms with Crippen LogP contribution in [0, 0.1) is 0 Å². The predicted molar refractivity (Wildman–Crippen MR) is 97.2 cm³/mol.